The predicted molar refractivity (Wildman–Crippen MR) is 56.9 cm³/mol. The maximum atomic E-state index is 13.4. The van der Waals surface area contributed by atoms with Gasteiger partial charge in [0.25, 0.3) is 5.92 Å². The molecule has 0 amide bonds. The van der Waals surface area contributed by atoms with Crippen molar-refractivity contribution in [1.82, 2.24) is 0 Å². The molecule has 6 heteroatoms. The first-order valence-corrected chi connectivity index (χ1v) is 5.18. The van der Waals surface area contributed by atoms with Crippen molar-refractivity contribution >= 4 is 17.6 Å². The van der Waals surface area contributed by atoms with Gasteiger partial charge in [-0.05, 0) is 18.2 Å². The number of benzene rings is 1. The third kappa shape index (κ3) is 1.57. The molecular formula is C11H9ClF2O3. The van der Waals surface area contributed by atoms with Gasteiger partial charge in [-0.15, -0.1) is 0 Å². The van der Waals surface area contributed by atoms with E-state index < -0.39 is 23.7 Å². The van der Waals surface area contributed by atoms with E-state index in [1.54, 1.807) is 0 Å². The summed E-state index contributed by atoms with van der Waals surface area (Å²) in [6.07, 6.45) is -0.730. The van der Waals surface area contributed by atoms with Crippen molar-refractivity contribution in [1.29, 1.82) is 0 Å². The van der Waals surface area contributed by atoms with Crippen LogP contribution in [-0.2, 0) is 10.2 Å². The van der Waals surface area contributed by atoms with Gasteiger partial charge in [0, 0.05) is 17.0 Å². The number of hydrogen-bond acceptors (Lipinski definition) is 2. The van der Waals surface area contributed by atoms with Gasteiger partial charge in [0.2, 0.25) is 0 Å². The fraction of sp³-hybridized carbons (Fsp3) is 0.364. The van der Waals surface area contributed by atoms with Gasteiger partial charge >= 0.3 is 5.97 Å². The molecule has 17 heavy (non-hydrogen) atoms. The van der Waals surface area contributed by atoms with Crippen molar-refractivity contribution in [2.24, 2.45) is 0 Å². The van der Waals surface area contributed by atoms with Crippen LogP contribution in [0.4, 0.5) is 8.78 Å². The number of rotatable bonds is 3. The van der Waals surface area contributed by atoms with E-state index in [9.17, 15) is 13.6 Å². The number of hydrogen-bond donors (Lipinski definition) is 1. The summed E-state index contributed by atoms with van der Waals surface area (Å²) in [4.78, 5) is 11.1. The fourth-order valence-electron chi connectivity index (χ4n) is 1.94. The number of aliphatic carboxylic acids is 1. The summed E-state index contributed by atoms with van der Waals surface area (Å²) in [6.45, 7) is 0. The van der Waals surface area contributed by atoms with E-state index in [-0.39, 0.29) is 16.3 Å². The molecule has 1 aliphatic carbocycles. The zero-order valence-electron chi connectivity index (χ0n) is 8.84. The zero-order chi connectivity index (χ0) is 12.8. The van der Waals surface area contributed by atoms with Crippen LogP contribution in [-0.4, -0.2) is 24.1 Å². The monoisotopic (exact) mass is 262 g/mol. The summed E-state index contributed by atoms with van der Waals surface area (Å²) in [5.74, 6) is -4.73. The van der Waals surface area contributed by atoms with E-state index in [1.165, 1.54) is 25.3 Å². The molecule has 1 atom stereocenters. The first kappa shape index (κ1) is 12.1. The first-order chi connectivity index (χ1) is 7.85. The van der Waals surface area contributed by atoms with Crippen LogP contribution in [0, 0.1) is 0 Å². The highest BCUT2D eigenvalue weighted by Crippen LogP contribution is 2.63. The van der Waals surface area contributed by atoms with Gasteiger partial charge in [-0.25, -0.2) is 8.78 Å². The van der Waals surface area contributed by atoms with Crippen molar-refractivity contribution in [3.63, 3.8) is 0 Å². The van der Waals surface area contributed by atoms with Crippen LogP contribution in [0.2, 0.25) is 5.02 Å². The number of methoxy groups -OCH3 is 1. The molecule has 3 nitrogen and oxygen atoms in total. The average Bonchev–Trinajstić information content (AvgIpc) is 2.83. The first-order valence-electron chi connectivity index (χ1n) is 4.80. The molecule has 0 aliphatic heterocycles. The zero-order valence-corrected chi connectivity index (χ0v) is 9.59. The van der Waals surface area contributed by atoms with Crippen LogP contribution in [0.25, 0.3) is 0 Å². The minimum absolute atomic E-state index is 0.0787. The summed E-state index contributed by atoms with van der Waals surface area (Å²) >= 11 is 5.71. The SMILES string of the molecule is COc1ccc(Cl)cc1C1(C(=O)O)CC1(F)F. The second kappa shape index (κ2) is 3.57. The Labute approximate surface area is 101 Å². The highest BCUT2D eigenvalue weighted by atomic mass is 35.5. The highest BCUT2D eigenvalue weighted by molar-refractivity contribution is 6.30. The highest BCUT2D eigenvalue weighted by Gasteiger charge is 2.78. The van der Waals surface area contributed by atoms with Crippen LogP contribution in [0.3, 0.4) is 0 Å². The summed E-state index contributed by atoms with van der Waals surface area (Å²) in [7, 11) is 1.29. The number of carboxylic acid groups (broad SMARTS) is 1. The van der Waals surface area contributed by atoms with Gasteiger partial charge in [0.05, 0.1) is 7.11 Å². The molecule has 1 aromatic rings. The van der Waals surface area contributed by atoms with Gasteiger partial charge in [-0.3, -0.25) is 4.79 Å². The Morgan fingerprint density at radius 2 is 2.12 bits per heavy atom. The summed E-state index contributed by atoms with van der Waals surface area (Å²) in [6, 6.07) is 4.06. The van der Waals surface area contributed by atoms with Crippen molar-refractivity contribution in [3.8, 4) is 5.75 Å². The summed E-state index contributed by atoms with van der Waals surface area (Å²) in [5, 5.41) is 9.22. The fourth-order valence-corrected chi connectivity index (χ4v) is 2.11. The van der Waals surface area contributed by atoms with E-state index >= 15 is 0 Å². The van der Waals surface area contributed by atoms with E-state index in [1.807, 2.05) is 0 Å². The van der Waals surface area contributed by atoms with E-state index in [0.29, 0.717) is 0 Å². The number of halogens is 3. The van der Waals surface area contributed by atoms with Gasteiger partial charge in [-0.2, -0.15) is 0 Å². The average molecular weight is 263 g/mol. The molecule has 0 heterocycles. The lowest BCUT2D eigenvalue weighted by Gasteiger charge is -2.15. The Kier molecular flexibility index (Phi) is 2.54. The third-order valence-corrected chi connectivity index (χ3v) is 3.21. The van der Waals surface area contributed by atoms with Crippen LogP contribution in [0.15, 0.2) is 18.2 Å². The smallest absolute Gasteiger partial charge is 0.320 e. The number of alkyl halides is 2. The molecule has 1 unspecified atom stereocenters. The normalized spacial score (nSPS) is 25.4. The van der Waals surface area contributed by atoms with Crippen molar-refractivity contribution < 1.29 is 23.4 Å². The molecular weight excluding hydrogens is 254 g/mol. The summed E-state index contributed by atoms with van der Waals surface area (Å²) in [5.41, 5.74) is -2.28. The maximum Gasteiger partial charge on any atom is 0.320 e. The Balaban J connectivity index is 2.60. The molecule has 92 valence electrons. The lowest BCUT2D eigenvalue weighted by molar-refractivity contribution is -0.143. The molecule has 0 aromatic heterocycles. The van der Waals surface area contributed by atoms with E-state index in [0.717, 1.165) is 0 Å². The molecule has 1 N–H and O–H groups in total. The van der Waals surface area contributed by atoms with Crippen LogP contribution < -0.4 is 4.74 Å². The second-order valence-electron chi connectivity index (χ2n) is 3.94. The van der Waals surface area contributed by atoms with Crippen molar-refractivity contribution in [2.45, 2.75) is 17.8 Å². The number of carboxylic acids is 1. The Morgan fingerprint density at radius 3 is 2.53 bits per heavy atom. The second-order valence-corrected chi connectivity index (χ2v) is 4.37. The number of carbonyl (C=O) groups is 1. The van der Waals surface area contributed by atoms with Crippen molar-refractivity contribution in [2.75, 3.05) is 7.11 Å². The third-order valence-electron chi connectivity index (χ3n) is 2.97. The Morgan fingerprint density at radius 1 is 1.53 bits per heavy atom. The minimum Gasteiger partial charge on any atom is -0.496 e. The quantitative estimate of drug-likeness (QED) is 0.911. The van der Waals surface area contributed by atoms with Gasteiger partial charge in [0.15, 0.2) is 5.41 Å². The Bertz CT molecular complexity index is 490. The van der Waals surface area contributed by atoms with Crippen LogP contribution in [0.5, 0.6) is 5.75 Å². The molecule has 0 radical (unpaired) electrons. The standard InChI is InChI=1S/C11H9ClF2O3/c1-17-8-3-2-6(12)4-7(8)10(9(15)16)5-11(10,13)14/h2-4H,5H2,1H3,(H,15,16). The molecule has 1 aromatic carbocycles. The molecule has 0 bridgehead atoms. The molecule has 1 fully saturated rings. The van der Waals surface area contributed by atoms with Crippen molar-refractivity contribution in [3.05, 3.63) is 28.8 Å². The predicted octanol–water partition coefficient (Wildman–Crippen LogP) is 2.71. The largest absolute Gasteiger partial charge is 0.496 e. The molecule has 1 aliphatic rings. The van der Waals surface area contributed by atoms with Gasteiger partial charge in [0.1, 0.15) is 5.75 Å². The number of ether oxygens (including phenoxy) is 1. The molecule has 0 saturated heterocycles. The topological polar surface area (TPSA) is 46.5 Å². The molecule has 1 saturated carbocycles. The van der Waals surface area contributed by atoms with Crippen LogP contribution >= 0.6 is 11.6 Å². The minimum atomic E-state index is -3.27. The van der Waals surface area contributed by atoms with E-state index in [2.05, 4.69) is 0 Å². The Hall–Kier alpha value is -1.36. The lowest BCUT2D eigenvalue weighted by atomic mass is 9.94. The molecule has 0 spiro atoms. The summed E-state index contributed by atoms with van der Waals surface area (Å²) < 4.78 is 31.6. The lowest BCUT2D eigenvalue weighted by Crippen LogP contribution is -2.27. The molecule has 2 rings (SSSR count). The van der Waals surface area contributed by atoms with Crippen LogP contribution in [0.1, 0.15) is 12.0 Å². The van der Waals surface area contributed by atoms with Gasteiger partial charge in [-0.1, -0.05) is 11.6 Å². The van der Waals surface area contributed by atoms with E-state index in [4.69, 9.17) is 21.4 Å². The van der Waals surface area contributed by atoms with Gasteiger partial charge < -0.3 is 9.84 Å². The maximum absolute atomic E-state index is 13.4.